The van der Waals surface area contributed by atoms with E-state index in [0.717, 1.165) is 30.8 Å². The topological polar surface area (TPSA) is 59.5 Å². The Hall–Kier alpha value is -1.29. The van der Waals surface area contributed by atoms with Gasteiger partial charge in [-0.2, -0.15) is 0 Å². The molecule has 2 N–H and O–H groups in total. The molecule has 1 heterocycles. The fourth-order valence-corrected chi connectivity index (χ4v) is 2.20. The van der Waals surface area contributed by atoms with Crippen LogP contribution in [0.4, 0.5) is 0 Å². The van der Waals surface area contributed by atoms with E-state index in [9.17, 15) is 4.79 Å². The standard InChI is InChI=1S/C15H26N2O2/c1-4-13(9-10-16)6-8-15(18)17(3)11-14-7-5-12(2)19-14/h5,7,13H,4,6,8-11,16H2,1-3H3. The summed E-state index contributed by atoms with van der Waals surface area (Å²) in [7, 11) is 1.82. The van der Waals surface area contributed by atoms with Crippen molar-refractivity contribution >= 4 is 5.91 Å². The van der Waals surface area contributed by atoms with E-state index in [1.165, 1.54) is 0 Å². The third kappa shape index (κ3) is 5.47. The Morgan fingerprint density at radius 2 is 2.16 bits per heavy atom. The minimum Gasteiger partial charge on any atom is -0.464 e. The van der Waals surface area contributed by atoms with Gasteiger partial charge in [-0.15, -0.1) is 0 Å². The van der Waals surface area contributed by atoms with Gasteiger partial charge in [0.1, 0.15) is 11.5 Å². The van der Waals surface area contributed by atoms with Gasteiger partial charge in [-0.05, 0) is 44.4 Å². The number of carbonyl (C=O) groups is 1. The average Bonchev–Trinajstić information content (AvgIpc) is 2.79. The van der Waals surface area contributed by atoms with Gasteiger partial charge in [-0.25, -0.2) is 0 Å². The molecule has 1 rings (SSSR count). The zero-order valence-electron chi connectivity index (χ0n) is 12.3. The third-order valence-corrected chi connectivity index (χ3v) is 3.53. The summed E-state index contributed by atoms with van der Waals surface area (Å²) in [6, 6.07) is 3.84. The predicted molar refractivity (Wildman–Crippen MR) is 76.6 cm³/mol. The van der Waals surface area contributed by atoms with Crippen molar-refractivity contribution in [2.75, 3.05) is 13.6 Å². The van der Waals surface area contributed by atoms with Crippen LogP contribution >= 0.6 is 0 Å². The number of hydrogen-bond acceptors (Lipinski definition) is 3. The Bertz CT molecular complexity index is 387. The highest BCUT2D eigenvalue weighted by Crippen LogP contribution is 2.16. The molecule has 4 heteroatoms. The molecule has 1 aromatic heterocycles. The molecule has 0 spiro atoms. The number of nitrogens with zero attached hydrogens (tertiary/aromatic N) is 1. The van der Waals surface area contributed by atoms with E-state index in [1.807, 2.05) is 26.1 Å². The van der Waals surface area contributed by atoms with Crippen LogP contribution in [0, 0.1) is 12.8 Å². The zero-order chi connectivity index (χ0) is 14.3. The van der Waals surface area contributed by atoms with Gasteiger partial charge in [0.15, 0.2) is 0 Å². The lowest BCUT2D eigenvalue weighted by molar-refractivity contribution is -0.131. The summed E-state index contributed by atoms with van der Waals surface area (Å²) in [4.78, 5) is 13.8. The minimum atomic E-state index is 0.171. The first-order valence-electron chi connectivity index (χ1n) is 7.06. The summed E-state index contributed by atoms with van der Waals surface area (Å²) < 4.78 is 5.48. The molecular formula is C15H26N2O2. The molecule has 0 aliphatic heterocycles. The molecule has 0 saturated heterocycles. The van der Waals surface area contributed by atoms with Gasteiger partial charge in [0.05, 0.1) is 6.54 Å². The van der Waals surface area contributed by atoms with Gasteiger partial charge in [0, 0.05) is 13.5 Å². The highest BCUT2D eigenvalue weighted by atomic mass is 16.3. The largest absolute Gasteiger partial charge is 0.464 e. The lowest BCUT2D eigenvalue weighted by atomic mass is 9.96. The fourth-order valence-electron chi connectivity index (χ4n) is 2.20. The van der Waals surface area contributed by atoms with Crippen molar-refractivity contribution in [2.24, 2.45) is 11.7 Å². The van der Waals surface area contributed by atoms with Gasteiger partial charge in [-0.1, -0.05) is 13.3 Å². The second kappa shape index (κ2) is 8.00. The lowest BCUT2D eigenvalue weighted by Crippen LogP contribution is -2.26. The maximum absolute atomic E-state index is 12.0. The fraction of sp³-hybridized carbons (Fsp3) is 0.667. The third-order valence-electron chi connectivity index (χ3n) is 3.53. The molecule has 1 unspecified atom stereocenters. The molecule has 4 nitrogen and oxygen atoms in total. The van der Waals surface area contributed by atoms with Crippen molar-refractivity contribution in [3.8, 4) is 0 Å². The Balaban J connectivity index is 2.36. The van der Waals surface area contributed by atoms with Gasteiger partial charge in [-0.3, -0.25) is 4.79 Å². The van der Waals surface area contributed by atoms with Crippen molar-refractivity contribution in [3.05, 3.63) is 23.7 Å². The zero-order valence-corrected chi connectivity index (χ0v) is 12.3. The summed E-state index contributed by atoms with van der Waals surface area (Å²) in [5.74, 6) is 2.45. The maximum atomic E-state index is 12.0. The quantitative estimate of drug-likeness (QED) is 0.787. The number of nitrogens with two attached hydrogens (primary N) is 1. The molecule has 0 fully saturated rings. The number of rotatable bonds is 8. The van der Waals surface area contributed by atoms with Crippen LogP contribution in [0.3, 0.4) is 0 Å². The second-order valence-electron chi connectivity index (χ2n) is 5.15. The van der Waals surface area contributed by atoms with Crippen LogP contribution in [0.25, 0.3) is 0 Å². The molecule has 1 atom stereocenters. The van der Waals surface area contributed by atoms with Gasteiger partial charge in [0.2, 0.25) is 5.91 Å². The highest BCUT2D eigenvalue weighted by molar-refractivity contribution is 5.75. The summed E-state index contributed by atoms with van der Waals surface area (Å²) in [6.45, 7) is 5.30. The van der Waals surface area contributed by atoms with Gasteiger partial charge >= 0.3 is 0 Å². The molecule has 0 aliphatic carbocycles. The monoisotopic (exact) mass is 266 g/mol. The van der Waals surface area contributed by atoms with Crippen LogP contribution in [0.5, 0.6) is 0 Å². The van der Waals surface area contributed by atoms with Gasteiger partial charge in [0.25, 0.3) is 0 Å². The first-order chi connectivity index (χ1) is 9.06. The van der Waals surface area contributed by atoms with E-state index in [4.69, 9.17) is 10.2 Å². The van der Waals surface area contributed by atoms with Crippen LogP contribution in [0.2, 0.25) is 0 Å². The van der Waals surface area contributed by atoms with E-state index < -0.39 is 0 Å². The normalized spacial score (nSPS) is 12.4. The first-order valence-corrected chi connectivity index (χ1v) is 7.06. The van der Waals surface area contributed by atoms with Gasteiger partial charge < -0.3 is 15.1 Å². The molecular weight excluding hydrogens is 240 g/mol. The van der Waals surface area contributed by atoms with Crippen LogP contribution in [-0.2, 0) is 11.3 Å². The van der Waals surface area contributed by atoms with E-state index >= 15 is 0 Å². The molecule has 0 aliphatic rings. The highest BCUT2D eigenvalue weighted by Gasteiger charge is 2.13. The Labute approximate surface area is 116 Å². The first kappa shape index (κ1) is 15.8. The van der Waals surface area contributed by atoms with E-state index in [2.05, 4.69) is 6.92 Å². The van der Waals surface area contributed by atoms with E-state index in [0.29, 0.717) is 25.4 Å². The van der Waals surface area contributed by atoms with Crippen LogP contribution < -0.4 is 5.73 Å². The average molecular weight is 266 g/mol. The summed E-state index contributed by atoms with van der Waals surface area (Å²) >= 11 is 0. The molecule has 19 heavy (non-hydrogen) atoms. The van der Waals surface area contributed by atoms with Crippen LogP contribution in [0.1, 0.15) is 44.1 Å². The number of carbonyl (C=O) groups excluding carboxylic acids is 1. The Morgan fingerprint density at radius 3 is 2.68 bits per heavy atom. The Kier molecular flexibility index (Phi) is 6.64. The molecule has 1 amide bonds. The van der Waals surface area contributed by atoms with Crippen molar-refractivity contribution in [1.29, 1.82) is 0 Å². The molecule has 0 bridgehead atoms. The summed E-state index contributed by atoms with van der Waals surface area (Å²) in [5, 5.41) is 0. The Morgan fingerprint density at radius 1 is 1.42 bits per heavy atom. The number of hydrogen-bond donors (Lipinski definition) is 1. The minimum absolute atomic E-state index is 0.171. The van der Waals surface area contributed by atoms with Crippen molar-refractivity contribution in [1.82, 2.24) is 4.90 Å². The summed E-state index contributed by atoms with van der Waals surface area (Å²) in [5.41, 5.74) is 5.57. The number of amides is 1. The SMILES string of the molecule is CCC(CCN)CCC(=O)N(C)Cc1ccc(C)o1. The molecule has 0 radical (unpaired) electrons. The number of furan rings is 1. The van der Waals surface area contributed by atoms with Crippen LogP contribution in [0.15, 0.2) is 16.5 Å². The predicted octanol–water partition coefficient (Wildman–Crippen LogP) is 2.70. The number of aryl methyl sites for hydroxylation is 1. The van der Waals surface area contributed by atoms with Crippen molar-refractivity contribution in [3.63, 3.8) is 0 Å². The molecule has 0 saturated carbocycles. The molecule has 108 valence electrons. The van der Waals surface area contributed by atoms with Crippen LogP contribution in [-0.4, -0.2) is 24.4 Å². The van der Waals surface area contributed by atoms with E-state index in [-0.39, 0.29) is 5.91 Å². The molecule has 0 aromatic carbocycles. The summed E-state index contributed by atoms with van der Waals surface area (Å²) in [6.07, 6.45) is 3.61. The van der Waals surface area contributed by atoms with E-state index in [1.54, 1.807) is 4.90 Å². The maximum Gasteiger partial charge on any atom is 0.222 e. The molecule has 1 aromatic rings. The smallest absolute Gasteiger partial charge is 0.222 e. The van der Waals surface area contributed by atoms with Crippen molar-refractivity contribution in [2.45, 2.75) is 46.1 Å². The second-order valence-corrected chi connectivity index (χ2v) is 5.15. The lowest BCUT2D eigenvalue weighted by Gasteiger charge is -2.18. The van der Waals surface area contributed by atoms with Crippen molar-refractivity contribution < 1.29 is 9.21 Å².